The van der Waals surface area contributed by atoms with Crippen LogP contribution in [0.1, 0.15) is 47.3 Å². The van der Waals surface area contributed by atoms with Gasteiger partial charge in [-0.1, -0.05) is 31.1 Å². The van der Waals surface area contributed by atoms with E-state index in [0.29, 0.717) is 11.6 Å². The average molecular weight is 263 g/mol. The van der Waals surface area contributed by atoms with Gasteiger partial charge in [-0.3, -0.25) is 4.79 Å². The van der Waals surface area contributed by atoms with E-state index in [1.165, 1.54) is 30.6 Å². The van der Waals surface area contributed by atoms with Crippen LogP contribution in [0.4, 0.5) is 0 Å². The first-order valence-corrected chi connectivity index (χ1v) is 7.16. The van der Waals surface area contributed by atoms with E-state index in [-0.39, 0.29) is 12.5 Å². The summed E-state index contributed by atoms with van der Waals surface area (Å²) in [6, 6.07) is 2.11. The van der Waals surface area contributed by atoms with E-state index < -0.39 is 0 Å². The third kappa shape index (κ3) is 3.59. The molecule has 1 amide bonds. The summed E-state index contributed by atoms with van der Waals surface area (Å²) in [5, 5.41) is 13.5. The highest BCUT2D eigenvalue weighted by Crippen LogP contribution is 2.19. The topological polar surface area (TPSA) is 49.3 Å². The van der Waals surface area contributed by atoms with Gasteiger partial charge >= 0.3 is 0 Å². The van der Waals surface area contributed by atoms with Crippen LogP contribution in [-0.4, -0.2) is 23.7 Å². The van der Waals surface area contributed by atoms with Crippen molar-refractivity contribution in [3.8, 4) is 11.8 Å². The van der Waals surface area contributed by atoms with E-state index in [0.717, 1.165) is 17.7 Å². The third-order valence-electron chi connectivity index (χ3n) is 3.09. The second-order valence-corrected chi connectivity index (χ2v) is 5.38. The summed E-state index contributed by atoms with van der Waals surface area (Å²) in [4.78, 5) is 12.8. The van der Waals surface area contributed by atoms with Gasteiger partial charge in [-0.15, -0.1) is 11.3 Å². The van der Waals surface area contributed by atoms with E-state index in [9.17, 15) is 4.79 Å². The third-order valence-corrected chi connectivity index (χ3v) is 3.94. The van der Waals surface area contributed by atoms with Gasteiger partial charge in [-0.2, -0.15) is 0 Å². The van der Waals surface area contributed by atoms with Gasteiger partial charge in [-0.25, -0.2) is 0 Å². The number of rotatable bonds is 2. The Kier molecular flexibility index (Phi) is 4.80. The zero-order chi connectivity index (χ0) is 12.8. The first-order chi connectivity index (χ1) is 8.79. The lowest BCUT2D eigenvalue weighted by Crippen LogP contribution is -2.35. The first kappa shape index (κ1) is 13.1. The lowest BCUT2D eigenvalue weighted by Gasteiger charge is -2.22. The summed E-state index contributed by atoms with van der Waals surface area (Å²) in [5.74, 6) is 5.39. The molecule has 1 aromatic heterocycles. The number of hydrogen-bond donors (Lipinski definition) is 2. The Morgan fingerprint density at radius 3 is 2.94 bits per heavy atom. The number of carbonyl (C=O) groups excluding carboxylic acids is 1. The maximum Gasteiger partial charge on any atom is 0.252 e. The van der Waals surface area contributed by atoms with E-state index in [2.05, 4.69) is 17.2 Å². The zero-order valence-corrected chi connectivity index (χ0v) is 11.1. The van der Waals surface area contributed by atoms with Crippen LogP contribution >= 0.6 is 11.3 Å². The molecule has 1 aliphatic rings. The molecule has 0 aliphatic heterocycles. The fraction of sp³-hybridized carbons (Fsp3) is 0.500. The largest absolute Gasteiger partial charge is 0.384 e. The van der Waals surface area contributed by atoms with Gasteiger partial charge < -0.3 is 10.4 Å². The Balaban J connectivity index is 1.93. The molecule has 0 spiro atoms. The molecule has 1 aromatic rings. The summed E-state index contributed by atoms with van der Waals surface area (Å²) in [6.07, 6.45) is 5.88. The molecule has 3 nitrogen and oxygen atoms in total. The van der Waals surface area contributed by atoms with Crippen LogP contribution in [0.2, 0.25) is 0 Å². The standard InChI is InChI=1S/C14H17NO2S/c16-8-4-7-13-9-11(10-18-13)14(17)15-12-5-2-1-3-6-12/h9-10,12,16H,1-3,5-6,8H2,(H,15,17). The average Bonchev–Trinajstić information content (AvgIpc) is 2.86. The molecular formula is C14H17NO2S. The zero-order valence-electron chi connectivity index (χ0n) is 10.2. The minimum Gasteiger partial charge on any atom is -0.384 e. The predicted octanol–water partition coefficient (Wildman–Crippen LogP) is 2.15. The Bertz CT molecular complexity index is 464. The lowest BCUT2D eigenvalue weighted by atomic mass is 9.95. The molecule has 0 radical (unpaired) electrons. The van der Waals surface area contributed by atoms with Gasteiger partial charge in [-0.05, 0) is 18.9 Å². The molecule has 2 rings (SSSR count). The monoisotopic (exact) mass is 263 g/mol. The van der Waals surface area contributed by atoms with Gasteiger partial charge in [0.2, 0.25) is 0 Å². The molecule has 0 saturated heterocycles. The fourth-order valence-corrected chi connectivity index (χ4v) is 2.92. The number of aliphatic hydroxyl groups excluding tert-OH is 1. The Morgan fingerprint density at radius 1 is 1.44 bits per heavy atom. The van der Waals surface area contributed by atoms with Crippen molar-refractivity contribution in [2.45, 2.75) is 38.1 Å². The minimum absolute atomic E-state index is 0.00445. The van der Waals surface area contributed by atoms with E-state index >= 15 is 0 Å². The van der Waals surface area contributed by atoms with Crippen LogP contribution < -0.4 is 5.32 Å². The Morgan fingerprint density at radius 2 is 2.22 bits per heavy atom. The van der Waals surface area contributed by atoms with Gasteiger partial charge in [0.15, 0.2) is 0 Å². The number of aliphatic hydroxyl groups is 1. The maximum atomic E-state index is 12.0. The molecule has 96 valence electrons. The van der Waals surface area contributed by atoms with Crippen LogP contribution in [0.5, 0.6) is 0 Å². The van der Waals surface area contributed by atoms with Crippen LogP contribution in [0, 0.1) is 11.8 Å². The molecule has 0 atom stereocenters. The van der Waals surface area contributed by atoms with Gasteiger partial charge in [0.1, 0.15) is 6.61 Å². The van der Waals surface area contributed by atoms with Crippen molar-refractivity contribution in [2.75, 3.05) is 6.61 Å². The number of carbonyl (C=O) groups is 1. The molecule has 4 heteroatoms. The fourth-order valence-electron chi connectivity index (χ4n) is 2.16. The van der Waals surface area contributed by atoms with Crippen LogP contribution in [0.3, 0.4) is 0 Å². The minimum atomic E-state index is -0.151. The van der Waals surface area contributed by atoms with Gasteiger partial charge in [0, 0.05) is 11.4 Å². The van der Waals surface area contributed by atoms with Crippen molar-refractivity contribution in [3.05, 3.63) is 21.9 Å². The smallest absolute Gasteiger partial charge is 0.252 e. The molecule has 18 heavy (non-hydrogen) atoms. The quantitative estimate of drug-likeness (QED) is 0.803. The SMILES string of the molecule is O=C(NC1CCCCC1)c1csc(C#CCO)c1. The predicted molar refractivity (Wildman–Crippen MR) is 72.6 cm³/mol. The van der Waals surface area contributed by atoms with Crippen LogP contribution in [0.15, 0.2) is 11.4 Å². The summed E-state index contributed by atoms with van der Waals surface area (Å²) in [7, 11) is 0. The molecular weight excluding hydrogens is 246 g/mol. The molecule has 2 N–H and O–H groups in total. The highest BCUT2D eigenvalue weighted by atomic mass is 32.1. The van der Waals surface area contributed by atoms with E-state index in [4.69, 9.17) is 5.11 Å². The van der Waals surface area contributed by atoms with Crippen molar-refractivity contribution in [2.24, 2.45) is 0 Å². The normalized spacial score (nSPS) is 15.8. The molecule has 1 saturated carbocycles. The van der Waals surface area contributed by atoms with E-state index in [1.54, 1.807) is 6.07 Å². The molecule has 0 aromatic carbocycles. The summed E-state index contributed by atoms with van der Waals surface area (Å²) in [5.41, 5.74) is 0.674. The summed E-state index contributed by atoms with van der Waals surface area (Å²) >= 11 is 1.43. The second kappa shape index (κ2) is 6.58. The number of nitrogens with one attached hydrogen (secondary N) is 1. The number of thiophene rings is 1. The Hall–Kier alpha value is -1.31. The van der Waals surface area contributed by atoms with Crippen molar-refractivity contribution in [1.82, 2.24) is 5.32 Å². The van der Waals surface area contributed by atoms with E-state index in [1.807, 2.05) is 5.38 Å². The van der Waals surface area contributed by atoms with Crippen molar-refractivity contribution >= 4 is 17.2 Å². The molecule has 1 aliphatic carbocycles. The molecule has 0 unspecified atom stereocenters. The summed E-state index contributed by atoms with van der Waals surface area (Å²) < 4.78 is 0. The molecule has 1 heterocycles. The number of hydrogen-bond acceptors (Lipinski definition) is 3. The summed E-state index contributed by atoms with van der Waals surface area (Å²) in [6.45, 7) is -0.151. The van der Waals surface area contributed by atoms with Crippen molar-refractivity contribution < 1.29 is 9.90 Å². The second-order valence-electron chi connectivity index (χ2n) is 4.47. The molecule has 1 fully saturated rings. The maximum absolute atomic E-state index is 12.0. The van der Waals surface area contributed by atoms with Gasteiger partial charge in [0.05, 0.1) is 10.4 Å². The number of amides is 1. The van der Waals surface area contributed by atoms with Crippen LogP contribution in [-0.2, 0) is 0 Å². The molecule has 0 bridgehead atoms. The van der Waals surface area contributed by atoms with Crippen molar-refractivity contribution in [1.29, 1.82) is 0 Å². The Labute approximate surface area is 111 Å². The highest BCUT2D eigenvalue weighted by Gasteiger charge is 2.17. The lowest BCUT2D eigenvalue weighted by molar-refractivity contribution is 0.0928. The first-order valence-electron chi connectivity index (χ1n) is 6.28. The highest BCUT2D eigenvalue weighted by molar-refractivity contribution is 7.10. The van der Waals surface area contributed by atoms with Gasteiger partial charge in [0.25, 0.3) is 5.91 Å². The van der Waals surface area contributed by atoms with Crippen molar-refractivity contribution in [3.63, 3.8) is 0 Å². The van der Waals surface area contributed by atoms with Crippen LogP contribution in [0.25, 0.3) is 0 Å².